The Morgan fingerprint density at radius 3 is 2.76 bits per heavy atom. The Balaban J connectivity index is 2.01. The van der Waals surface area contributed by atoms with E-state index in [-0.39, 0.29) is 0 Å². The van der Waals surface area contributed by atoms with Crippen LogP contribution in [-0.4, -0.2) is 28.1 Å². The molecule has 1 aromatic rings. The summed E-state index contributed by atoms with van der Waals surface area (Å²) in [6.07, 6.45) is 1.70. The molecule has 1 saturated heterocycles. The molecule has 1 aliphatic heterocycles. The molecule has 1 atom stereocenters. The Kier molecular flexibility index (Phi) is 4.07. The fraction of sp³-hybridized carbons (Fsp3) is 0.462. The van der Waals surface area contributed by atoms with Crippen molar-refractivity contribution in [3.63, 3.8) is 0 Å². The summed E-state index contributed by atoms with van der Waals surface area (Å²) in [6, 6.07) is 9.93. The van der Waals surface area contributed by atoms with Crippen LogP contribution < -0.4 is 5.32 Å². The zero-order chi connectivity index (χ0) is 12.1. The van der Waals surface area contributed by atoms with Gasteiger partial charge in [-0.1, -0.05) is 30.3 Å². The zero-order valence-electron chi connectivity index (χ0n) is 9.69. The van der Waals surface area contributed by atoms with Crippen LogP contribution in [0.5, 0.6) is 0 Å². The number of aliphatic carboxylic acids is 1. The summed E-state index contributed by atoms with van der Waals surface area (Å²) in [5.74, 6) is 1.01. The Bertz CT molecular complexity index is 374. The molecule has 92 valence electrons. The van der Waals surface area contributed by atoms with Crippen molar-refractivity contribution in [2.45, 2.75) is 24.9 Å². The van der Waals surface area contributed by atoms with Crippen LogP contribution in [0, 0.1) is 0 Å². The highest BCUT2D eigenvalue weighted by Crippen LogP contribution is 2.27. The van der Waals surface area contributed by atoms with Gasteiger partial charge < -0.3 is 5.11 Å². The average molecular weight is 251 g/mol. The second-order valence-corrected chi connectivity index (χ2v) is 5.49. The highest BCUT2D eigenvalue weighted by molar-refractivity contribution is 7.99. The minimum Gasteiger partial charge on any atom is -0.480 e. The molecule has 0 radical (unpaired) electrons. The molecular formula is C13H17NO2S. The molecule has 0 amide bonds. The lowest BCUT2D eigenvalue weighted by Crippen LogP contribution is -2.55. The number of thioether (sulfide) groups is 1. The molecule has 0 aliphatic carbocycles. The van der Waals surface area contributed by atoms with E-state index in [0.717, 1.165) is 24.2 Å². The van der Waals surface area contributed by atoms with Crippen LogP contribution >= 0.6 is 11.8 Å². The van der Waals surface area contributed by atoms with Gasteiger partial charge in [0.15, 0.2) is 0 Å². The van der Waals surface area contributed by atoms with Crippen molar-refractivity contribution in [2.75, 3.05) is 11.5 Å². The van der Waals surface area contributed by atoms with E-state index in [2.05, 4.69) is 5.32 Å². The monoisotopic (exact) mass is 251 g/mol. The Morgan fingerprint density at radius 2 is 2.18 bits per heavy atom. The maximum Gasteiger partial charge on any atom is 0.324 e. The summed E-state index contributed by atoms with van der Waals surface area (Å²) in [7, 11) is 0. The van der Waals surface area contributed by atoms with E-state index in [4.69, 9.17) is 0 Å². The molecule has 2 rings (SSSR count). The highest BCUT2D eigenvalue weighted by atomic mass is 32.2. The van der Waals surface area contributed by atoms with E-state index in [1.165, 1.54) is 0 Å². The van der Waals surface area contributed by atoms with E-state index in [1.807, 2.05) is 30.3 Å². The second kappa shape index (κ2) is 5.56. The maximum absolute atomic E-state index is 11.4. The van der Waals surface area contributed by atoms with Gasteiger partial charge in [-0.25, -0.2) is 0 Å². The first kappa shape index (κ1) is 12.5. The summed E-state index contributed by atoms with van der Waals surface area (Å²) in [4.78, 5) is 11.4. The highest BCUT2D eigenvalue weighted by Gasteiger charge is 2.39. The maximum atomic E-state index is 11.4. The zero-order valence-corrected chi connectivity index (χ0v) is 10.5. The van der Waals surface area contributed by atoms with Crippen molar-refractivity contribution >= 4 is 17.7 Å². The summed E-state index contributed by atoms with van der Waals surface area (Å²) in [6.45, 7) is 0.619. The molecule has 0 spiro atoms. The summed E-state index contributed by atoms with van der Waals surface area (Å²) in [5, 5.41) is 12.6. The number of nitrogens with one attached hydrogen (secondary N) is 1. The number of hydrogen-bond donors (Lipinski definition) is 2. The van der Waals surface area contributed by atoms with Gasteiger partial charge in [0, 0.05) is 12.3 Å². The lowest BCUT2D eigenvalue weighted by Gasteiger charge is -2.33. The van der Waals surface area contributed by atoms with E-state index < -0.39 is 11.5 Å². The molecule has 1 aromatic carbocycles. The van der Waals surface area contributed by atoms with Gasteiger partial charge in [0.1, 0.15) is 5.54 Å². The largest absolute Gasteiger partial charge is 0.480 e. The van der Waals surface area contributed by atoms with Gasteiger partial charge in [0.05, 0.1) is 0 Å². The molecule has 2 N–H and O–H groups in total. The molecule has 0 aromatic heterocycles. The van der Waals surface area contributed by atoms with Crippen molar-refractivity contribution in [1.82, 2.24) is 5.32 Å². The Hall–Kier alpha value is -1.00. The molecule has 4 heteroatoms. The molecule has 1 fully saturated rings. The fourth-order valence-corrected chi connectivity index (χ4v) is 3.26. The minimum absolute atomic E-state index is 0.619. The number of carbonyl (C=O) groups is 1. The minimum atomic E-state index is -0.737. The number of carboxylic acids is 1. The molecule has 17 heavy (non-hydrogen) atoms. The molecule has 1 heterocycles. The summed E-state index contributed by atoms with van der Waals surface area (Å²) in [5.41, 5.74) is 0.391. The van der Waals surface area contributed by atoms with E-state index in [9.17, 15) is 9.90 Å². The molecule has 0 bridgehead atoms. The van der Waals surface area contributed by atoms with Crippen molar-refractivity contribution in [3.05, 3.63) is 35.9 Å². The first-order chi connectivity index (χ1) is 8.23. The number of benzene rings is 1. The van der Waals surface area contributed by atoms with Crippen LogP contribution in [0.2, 0.25) is 0 Å². The Morgan fingerprint density at radius 1 is 1.41 bits per heavy atom. The molecular weight excluding hydrogens is 234 g/mol. The van der Waals surface area contributed by atoms with Crippen LogP contribution in [-0.2, 0) is 11.3 Å². The summed E-state index contributed by atoms with van der Waals surface area (Å²) >= 11 is 1.72. The molecule has 1 aliphatic rings. The fourth-order valence-electron chi connectivity index (χ4n) is 2.05. The number of hydrogen-bond acceptors (Lipinski definition) is 3. The van der Waals surface area contributed by atoms with E-state index in [1.54, 1.807) is 11.8 Å². The topological polar surface area (TPSA) is 49.3 Å². The van der Waals surface area contributed by atoms with Crippen molar-refractivity contribution < 1.29 is 9.90 Å². The van der Waals surface area contributed by atoms with Gasteiger partial charge in [-0.15, -0.1) is 0 Å². The SMILES string of the molecule is O=C(O)C1(NCc2ccccc2)CCCSC1. The normalized spacial score (nSPS) is 24.5. The molecule has 1 unspecified atom stereocenters. The first-order valence-corrected chi connectivity index (χ1v) is 6.98. The summed E-state index contributed by atoms with van der Waals surface area (Å²) < 4.78 is 0. The van der Waals surface area contributed by atoms with E-state index >= 15 is 0 Å². The lowest BCUT2D eigenvalue weighted by atomic mass is 9.95. The van der Waals surface area contributed by atoms with Gasteiger partial charge in [0.25, 0.3) is 0 Å². The molecule has 3 nitrogen and oxygen atoms in total. The van der Waals surface area contributed by atoms with Gasteiger partial charge in [-0.3, -0.25) is 10.1 Å². The van der Waals surface area contributed by atoms with Gasteiger partial charge in [0.2, 0.25) is 0 Å². The number of rotatable bonds is 4. The van der Waals surface area contributed by atoms with Gasteiger partial charge in [-0.2, -0.15) is 11.8 Å². The van der Waals surface area contributed by atoms with Crippen LogP contribution in [0.15, 0.2) is 30.3 Å². The third-order valence-electron chi connectivity index (χ3n) is 3.12. The van der Waals surface area contributed by atoms with Crippen molar-refractivity contribution in [1.29, 1.82) is 0 Å². The predicted molar refractivity (Wildman–Crippen MR) is 70.2 cm³/mol. The average Bonchev–Trinajstić information content (AvgIpc) is 2.38. The standard InChI is InChI=1S/C13H17NO2S/c15-12(16)13(7-4-8-17-10-13)14-9-11-5-2-1-3-6-11/h1-3,5-6,14H,4,7-10H2,(H,15,16). The lowest BCUT2D eigenvalue weighted by molar-refractivity contribution is -0.144. The smallest absolute Gasteiger partial charge is 0.324 e. The van der Waals surface area contributed by atoms with Crippen molar-refractivity contribution in [2.24, 2.45) is 0 Å². The van der Waals surface area contributed by atoms with Crippen LogP contribution in [0.3, 0.4) is 0 Å². The van der Waals surface area contributed by atoms with Crippen molar-refractivity contribution in [3.8, 4) is 0 Å². The third-order valence-corrected chi connectivity index (χ3v) is 4.40. The number of carboxylic acid groups (broad SMARTS) is 1. The van der Waals surface area contributed by atoms with E-state index in [0.29, 0.717) is 12.3 Å². The van der Waals surface area contributed by atoms with Gasteiger partial charge in [-0.05, 0) is 24.2 Å². The van der Waals surface area contributed by atoms with Crippen LogP contribution in [0.25, 0.3) is 0 Å². The second-order valence-electron chi connectivity index (χ2n) is 4.38. The van der Waals surface area contributed by atoms with Crippen LogP contribution in [0.4, 0.5) is 0 Å². The quantitative estimate of drug-likeness (QED) is 0.860. The first-order valence-electron chi connectivity index (χ1n) is 5.83. The molecule has 0 saturated carbocycles. The van der Waals surface area contributed by atoms with Crippen LogP contribution in [0.1, 0.15) is 18.4 Å². The Labute approximate surface area is 106 Å². The predicted octanol–water partition coefficient (Wildman–Crippen LogP) is 2.13. The van der Waals surface area contributed by atoms with Gasteiger partial charge >= 0.3 is 5.97 Å². The third kappa shape index (κ3) is 3.01.